The second-order valence-electron chi connectivity index (χ2n) is 7.70. The summed E-state index contributed by atoms with van der Waals surface area (Å²) in [6, 6.07) is 7.27. The molecular weight excluding hydrogens is 430 g/mol. The second kappa shape index (κ2) is 13.6. The van der Waals surface area contributed by atoms with Crippen molar-refractivity contribution in [1.29, 1.82) is 0 Å². The molecule has 0 aliphatic heterocycles. The van der Waals surface area contributed by atoms with Gasteiger partial charge in [0.15, 0.2) is 0 Å². The monoisotopic (exact) mass is 465 g/mol. The van der Waals surface area contributed by atoms with Gasteiger partial charge in [-0.25, -0.2) is 9.59 Å². The Balaban J connectivity index is 3.78. The molecule has 0 saturated carbocycles. The highest BCUT2D eigenvalue weighted by molar-refractivity contribution is 6.21. The summed E-state index contributed by atoms with van der Waals surface area (Å²) in [6.07, 6.45) is 3.40. The van der Waals surface area contributed by atoms with Crippen LogP contribution in [0.15, 0.2) is 30.3 Å². The molecule has 0 saturated heterocycles. The number of nitrogens with two attached hydrogens (primary N) is 1. The van der Waals surface area contributed by atoms with Gasteiger partial charge < -0.3 is 25.1 Å². The van der Waals surface area contributed by atoms with Crippen molar-refractivity contribution in [2.24, 2.45) is 5.73 Å². The highest BCUT2D eigenvalue weighted by atomic mass is 16.6. The van der Waals surface area contributed by atoms with Gasteiger partial charge in [-0.1, -0.05) is 70.4 Å². The number of hydrogen-bond acceptors (Lipinski definition) is 8. The van der Waals surface area contributed by atoms with Crippen LogP contribution < -0.4 is 5.73 Å². The highest BCUT2D eigenvalue weighted by Gasteiger charge is 2.72. The third kappa shape index (κ3) is 6.10. The molecule has 3 N–H and O–H groups in total. The van der Waals surface area contributed by atoms with E-state index in [2.05, 4.69) is 0 Å². The number of rotatable bonds is 15. The van der Waals surface area contributed by atoms with Crippen LogP contribution in [0.3, 0.4) is 0 Å². The number of esters is 3. The average molecular weight is 466 g/mol. The first-order valence-corrected chi connectivity index (χ1v) is 11.3. The van der Waals surface area contributed by atoms with Gasteiger partial charge in [0.2, 0.25) is 11.0 Å². The number of carboxylic acids is 1. The molecule has 9 nitrogen and oxygen atoms in total. The average Bonchev–Trinajstić information content (AvgIpc) is 2.80. The standard InChI is InChI=1S/C24H35NO8/c1-4-7-15-31-20(28)23(18-13-11-10-12-14-18,21(29)32-16-8-5-2)24(25,19(26)27)22(30)33-17-9-6-3/h10-14H,4-9,15-17,25H2,1-3H3,(H,26,27). The van der Waals surface area contributed by atoms with Crippen LogP contribution in [0.5, 0.6) is 0 Å². The van der Waals surface area contributed by atoms with E-state index in [1.54, 1.807) is 6.07 Å². The molecule has 0 heterocycles. The van der Waals surface area contributed by atoms with Crippen molar-refractivity contribution in [1.82, 2.24) is 0 Å². The molecule has 0 aliphatic rings. The van der Waals surface area contributed by atoms with Crippen molar-refractivity contribution in [3.63, 3.8) is 0 Å². The number of unbranched alkanes of at least 4 members (excludes halogenated alkanes) is 3. The SMILES string of the molecule is CCCCOC(=O)C(N)(C(=O)O)C(C(=O)OCCCC)(C(=O)OCCCC)c1ccccc1. The van der Waals surface area contributed by atoms with Gasteiger partial charge in [0, 0.05) is 0 Å². The van der Waals surface area contributed by atoms with E-state index in [-0.39, 0.29) is 25.4 Å². The van der Waals surface area contributed by atoms with Crippen molar-refractivity contribution < 1.29 is 38.5 Å². The van der Waals surface area contributed by atoms with Gasteiger partial charge in [-0.15, -0.1) is 0 Å². The minimum absolute atomic E-state index is 0.0905. The zero-order valence-corrected chi connectivity index (χ0v) is 19.6. The maximum atomic E-state index is 13.5. The Morgan fingerprint density at radius 2 is 1.15 bits per heavy atom. The molecule has 0 fully saturated rings. The lowest BCUT2D eigenvalue weighted by Crippen LogP contribution is -2.75. The summed E-state index contributed by atoms with van der Waals surface area (Å²) >= 11 is 0. The molecule has 0 radical (unpaired) electrons. The Morgan fingerprint density at radius 1 is 0.758 bits per heavy atom. The number of aliphatic carboxylic acids is 1. The fourth-order valence-electron chi connectivity index (χ4n) is 3.22. The molecule has 1 atom stereocenters. The highest BCUT2D eigenvalue weighted by Crippen LogP contribution is 2.39. The maximum absolute atomic E-state index is 13.5. The van der Waals surface area contributed by atoms with Gasteiger partial charge >= 0.3 is 23.9 Å². The summed E-state index contributed by atoms with van der Waals surface area (Å²) in [7, 11) is 0. The van der Waals surface area contributed by atoms with E-state index in [9.17, 15) is 24.3 Å². The van der Waals surface area contributed by atoms with Crippen LogP contribution in [0.1, 0.15) is 64.9 Å². The van der Waals surface area contributed by atoms with Crippen molar-refractivity contribution in [3.8, 4) is 0 Å². The first-order chi connectivity index (χ1) is 15.7. The van der Waals surface area contributed by atoms with Crippen LogP contribution in [0.25, 0.3) is 0 Å². The van der Waals surface area contributed by atoms with Crippen LogP contribution in [0.2, 0.25) is 0 Å². The van der Waals surface area contributed by atoms with Crippen LogP contribution in [-0.4, -0.2) is 54.3 Å². The van der Waals surface area contributed by atoms with Crippen molar-refractivity contribution in [3.05, 3.63) is 35.9 Å². The summed E-state index contributed by atoms with van der Waals surface area (Å²) in [5.74, 6) is -5.89. The summed E-state index contributed by atoms with van der Waals surface area (Å²) < 4.78 is 15.7. The van der Waals surface area contributed by atoms with E-state index in [1.807, 2.05) is 20.8 Å². The normalized spacial score (nSPS) is 13.0. The number of ether oxygens (including phenoxy) is 3. The Bertz CT molecular complexity index is 773. The Labute approximate surface area is 194 Å². The van der Waals surface area contributed by atoms with E-state index in [0.717, 1.165) is 0 Å². The maximum Gasteiger partial charge on any atom is 0.340 e. The summed E-state index contributed by atoms with van der Waals surface area (Å²) in [5, 5.41) is 10.2. The smallest absolute Gasteiger partial charge is 0.340 e. The summed E-state index contributed by atoms with van der Waals surface area (Å²) in [6.45, 7) is 5.28. The quantitative estimate of drug-likeness (QED) is 0.173. The predicted molar refractivity (Wildman–Crippen MR) is 120 cm³/mol. The third-order valence-corrected chi connectivity index (χ3v) is 5.26. The molecule has 0 aliphatic carbocycles. The molecule has 1 rings (SSSR count). The molecule has 0 amide bonds. The predicted octanol–water partition coefficient (Wildman–Crippen LogP) is 2.74. The van der Waals surface area contributed by atoms with Gasteiger partial charge in [-0.05, 0) is 24.8 Å². The zero-order chi connectivity index (χ0) is 24.9. The van der Waals surface area contributed by atoms with E-state index >= 15 is 0 Å². The number of hydrogen-bond donors (Lipinski definition) is 2. The second-order valence-corrected chi connectivity index (χ2v) is 7.70. The van der Waals surface area contributed by atoms with Crippen LogP contribution >= 0.6 is 0 Å². The zero-order valence-electron chi connectivity index (χ0n) is 19.6. The van der Waals surface area contributed by atoms with Crippen molar-refractivity contribution in [2.75, 3.05) is 19.8 Å². The molecule has 1 aromatic carbocycles. The first kappa shape index (κ1) is 28.1. The van der Waals surface area contributed by atoms with Gasteiger partial charge in [0.25, 0.3) is 0 Å². The van der Waals surface area contributed by atoms with Gasteiger partial charge in [0.05, 0.1) is 19.8 Å². The Morgan fingerprint density at radius 3 is 1.52 bits per heavy atom. The summed E-state index contributed by atoms with van der Waals surface area (Å²) in [5.41, 5.74) is 0.134. The van der Waals surface area contributed by atoms with Crippen LogP contribution in [0.4, 0.5) is 0 Å². The van der Waals surface area contributed by atoms with E-state index in [1.165, 1.54) is 24.3 Å². The number of carbonyl (C=O) groups excluding carboxylic acids is 3. The molecule has 0 aromatic heterocycles. The fourth-order valence-corrected chi connectivity index (χ4v) is 3.22. The minimum atomic E-state index is -3.13. The van der Waals surface area contributed by atoms with Crippen LogP contribution in [0, 0.1) is 0 Å². The van der Waals surface area contributed by atoms with E-state index in [0.29, 0.717) is 38.5 Å². The van der Waals surface area contributed by atoms with Gasteiger partial charge in [0.1, 0.15) is 0 Å². The minimum Gasteiger partial charge on any atom is -0.479 e. The molecule has 33 heavy (non-hydrogen) atoms. The molecule has 184 valence electrons. The topological polar surface area (TPSA) is 142 Å². The molecular formula is C24H35NO8. The largest absolute Gasteiger partial charge is 0.479 e. The van der Waals surface area contributed by atoms with Gasteiger partial charge in [-0.3, -0.25) is 9.59 Å². The van der Waals surface area contributed by atoms with Crippen molar-refractivity contribution in [2.45, 2.75) is 70.3 Å². The third-order valence-electron chi connectivity index (χ3n) is 5.26. The molecule has 0 bridgehead atoms. The molecule has 0 spiro atoms. The number of benzene rings is 1. The Kier molecular flexibility index (Phi) is 11.6. The van der Waals surface area contributed by atoms with Crippen LogP contribution in [-0.2, 0) is 38.8 Å². The molecule has 9 heteroatoms. The number of carboxylic acid groups (broad SMARTS) is 1. The lowest BCUT2D eigenvalue weighted by molar-refractivity contribution is -0.184. The fraction of sp³-hybridized carbons (Fsp3) is 0.583. The van der Waals surface area contributed by atoms with E-state index in [4.69, 9.17) is 19.9 Å². The van der Waals surface area contributed by atoms with Gasteiger partial charge in [-0.2, -0.15) is 0 Å². The molecule has 1 aromatic rings. The molecule has 1 unspecified atom stereocenters. The lowest BCUT2D eigenvalue weighted by atomic mass is 9.64. The van der Waals surface area contributed by atoms with E-state index < -0.39 is 34.8 Å². The Hall–Kier alpha value is -2.94. The lowest BCUT2D eigenvalue weighted by Gasteiger charge is -2.39. The van der Waals surface area contributed by atoms with Crippen molar-refractivity contribution >= 4 is 23.9 Å². The summed E-state index contributed by atoms with van der Waals surface area (Å²) in [4.78, 5) is 52.7. The first-order valence-electron chi connectivity index (χ1n) is 11.3. The number of carbonyl (C=O) groups is 4.